The van der Waals surface area contributed by atoms with Crippen molar-refractivity contribution in [3.63, 3.8) is 0 Å². The molecule has 1 saturated heterocycles. The number of guanidine groups is 1. The average molecular weight is 385 g/mol. The lowest BCUT2D eigenvalue weighted by Gasteiger charge is -2.24. The van der Waals surface area contributed by atoms with Crippen LogP contribution in [0, 0.1) is 0 Å². The van der Waals surface area contributed by atoms with Gasteiger partial charge in [0.1, 0.15) is 5.75 Å². The number of halogens is 2. The van der Waals surface area contributed by atoms with Gasteiger partial charge in [-0.2, -0.15) is 8.78 Å². The maximum atomic E-state index is 12.2. The van der Waals surface area contributed by atoms with Crippen LogP contribution in [0.5, 0.6) is 5.75 Å². The first kappa shape index (κ1) is 21.4. The van der Waals surface area contributed by atoms with Crippen LogP contribution in [-0.4, -0.2) is 64.0 Å². The molecule has 0 radical (unpaired) electrons. The Morgan fingerprint density at radius 2 is 2.00 bits per heavy atom. The molecule has 0 spiro atoms. The highest BCUT2D eigenvalue weighted by Gasteiger charge is 2.13. The predicted octanol–water partition coefficient (Wildman–Crippen LogP) is 2.88. The monoisotopic (exact) mass is 385 g/mol. The van der Waals surface area contributed by atoms with Crippen LogP contribution in [0.4, 0.5) is 8.78 Å². The van der Waals surface area contributed by atoms with Crippen molar-refractivity contribution in [2.24, 2.45) is 4.99 Å². The zero-order valence-electron chi connectivity index (χ0n) is 16.0. The Kier molecular flexibility index (Phi) is 9.27. The molecule has 27 heavy (non-hydrogen) atoms. The van der Waals surface area contributed by atoms with Gasteiger partial charge in [0.25, 0.3) is 0 Å². The van der Waals surface area contributed by atoms with Crippen molar-refractivity contribution < 1.29 is 23.0 Å². The summed E-state index contributed by atoms with van der Waals surface area (Å²) >= 11 is 0. The number of hydrogen-bond donors (Lipinski definition) is 1. The van der Waals surface area contributed by atoms with E-state index in [2.05, 4.69) is 15.0 Å². The van der Waals surface area contributed by atoms with Crippen molar-refractivity contribution >= 4 is 5.96 Å². The van der Waals surface area contributed by atoms with Gasteiger partial charge in [0.05, 0.1) is 6.10 Å². The van der Waals surface area contributed by atoms with E-state index in [1.165, 1.54) is 0 Å². The third-order valence-corrected chi connectivity index (χ3v) is 4.27. The number of ether oxygens (including phenoxy) is 3. The largest absolute Gasteiger partial charge is 0.435 e. The molecule has 1 N–H and O–H groups in total. The van der Waals surface area contributed by atoms with Gasteiger partial charge in [-0.05, 0) is 37.0 Å². The molecule has 8 heteroatoms. The Morgan fingerprint density at radius 3 is 2.63 bits per heavy atom. The Bertz CT molecular complexity index is 564. The van der Waals surface area contributed by atoms with Crippen LogP contribution in [-0.2, 0) is 16.0 Å². The third kappa shape index (κ3) is 8.09. The highest BCUT2D eigenvalue weighted by atomic mass is 19.3. The maximum absolute atomic E-state index is 12.2. The SMILES string of the molecule is CN=C(NCCCOC1CCOCC1)N(C)Cc1ccc(OC(F)F)cc1. The molecule has 1 aliphatic rings. The second-order valence-electron chi connectivity index (χ2n) is 6.39. The fraction of sp³-hybridized carbons (Fsp3) is 0.632. The summed E-state index contributed by atoms with van der Waals surface area (Å²) in [4.78, 5) is 6.25. The Morgan fingerprint density at radius 1 is 1.30 bits per heavy atom. The van der Waals surface area contributed by atoms with Crippen LogP contribution in [0.1, 0.15) is 24.8 Å². The molecular weight excluding hydrogens is 356 g/mol. The first-order valence-electron chi connectivity index (χ1n) is 9.23. The molecule has 0 bridgehead atoms. The van der Waals surface area contributed by atoms with Gasteiger partial charge >= 0.3 is 6.61 Å². The van der Waals surface area contributed by atoms with Crippen LogP contribution in [0.3, 0.4) is 0 Å². The van der Waals surface area contributed by atoms with Crippen molar-refractivity contribution in [1.82, 2.24) is 10.2 Å². The van der Waals surface area contributed by atoms with E-state index < -0.39 is 6.61 Å². The molecular formula is C19H29F2N3O3. The van der Waals surface area contributed by atoms with E-state index in [1.54, 1.807) is 31.3 Å². The van der Waals surface area contributed by atoms with E-state index in [9.17, 15) is 8.78 Å². The van der Waals surface area contributed by atoms with Crippen LogP contribution < -0.4 is 10.1 Å². The van der Waals surface area contributed by atoms with Gasteiger partial charge in [0, 0.05) is 47.0 Å². The van der Waals surface area contributed by atoms with Gasteiger partial charge in [-0.15, -0.1) is 0 Å². The molecule has 1 fully saturated rings. The highest BCUT2D eigenvalue weighted by molar-refractivity contribution is 5.79. The number of benzene rings is 1. The first-order valence-corrected chi connectivity index (χ1v) is 9.23. The van der Waals surface area contributed by atoms with Crippen LogP contribution in [0.15, 0.2) is 29.3 Å². The number of hydrogen-bond acceptors (Lipinski definition) is 4. The van der Waals surface area contributed by atoms with Crippen molar-refractivity contribution in [2.75, 3.05) is 40.5 Å². The minimum absolute atomic E-state index is 0.156. The van der Waals surface area contributed by atoms with E-state index in [0.29, 0.717) is 19.3 Å². The van der Waals surface area contributed by atoms with Gasteiger partial charge in [0.2, 0.25) is 0 Å². The molecule has 2 rings (SSSR count). The fourth-order valence-electron chi connectivity index (χ4n) is 2.87. The maximum Gasteiger partial charge on any atom is 0.387 e. The summed E-state index contributed by atoms with van der Waals surface area (Å²) in [5, 5.41) is 3.31. The Balaban J connectivity index is 1.67. The van der Waals surface area contributed by atoms with Gasteiger partial charge < -0.3 is 24.4 Å². The number of aliphatic imine (C=N–C) groups is 1. The molecule has 6 nitrogen and oxygen atoms in total. The summed E-state index contributed by atoms with van der Waals surface area (Å²) in [5.41, 5.74) is 0.977. The van der Waals surface area contributed by atoms with Gasteiger partial charge in [-0.1, -0.05) is 12.1 Å². The van der Waals surface area contributed by atoms with Crippen molar-refractivity contribution in [1.29, 1.82) is 0 Å². The van der Waals surface area contributed by atoms with E-state index in [4.69, 9.17) is 9.47 Å². The van der Waals surface area contributed by atoms with E-state index >= 15 is 0 Å². The summed E-state index contributed by atoms with van der Waals surface area (Å²) in [6, 6.07) is 6.62. The second kappa shape index (κ2) is 11.7. The lowest BCUT2D eigenvalue weighted by molar-refractivity contribution is -0.0498. The van der Waals surface area contributed by atoms with Crippen LogP contribution in [0.25, 0.3) is 0 Å². The summed E-state index contributed by atoms with van der Waals surface area (Å²) in [5.74, 6) is 0.928. The third-order valence-electron chi connectivity index (χ3n) is 4.27. The summed E-state index contributed by atoms with van der Waals surface area (Å²) in [7, 11) is 3.66. The summed E-state index contributed by atoms with van der Waals surface area (Å²) in [6.07, 6.45) is 3.15. The van der Waals surface area contributed by atoms with Gasteiger partial charge in [-0.3, -0.25) is 4.99 Å². The Hall–Kier alpha value is -1.93. The average Bonchev–Trinajstić information content (AvgIpc) is 2.66. The molecule has 0 unspecified atom stereocenters. The van der Waals surface area contributed by atoms with Gasteiger partial charge in [0.15, 0.2) is 5.96 Å². The molecule has 1 aromatic rings. The molecule has 0 amide bonds. The standard InChI is InChI=1S/C19H29F2N3O3/c1-22-19(23-10-3-11-26-16-8-12-25-13-9-16)24(2)14-15-4-6-17(7-5-15)27-18(20)21/h4-7,16,18H,3,8-14H2,1-2H3,(H,22,23). The molecule has 1 heterocycles. The molecule has 0 saturated carbocycles. The molecule has 152 valence electrons. The van der Waals surface area contributed by atoms with E-state index in [0.717, 1.165) is 50.5 Å². The number of rotatable bonds is 9. The summed E-state index contributed by atoms with van der Waals surface area (Å²) in [6.45, 7) is 0.848. The minimum atomic E-state index is -2.81. The van der Waals surface area contributed by atoms with Crippen molar-refractivity contribution in [2.45, 2.75) is 38.5 Å². The lowest BCUT2D eigenvalue weighted by atomic mass is 10.1. The topological polar surface area (TPSA) is 55.3 Å². The molecule has 0 aromatic heterocycles. The normalized spacial score (nSPS) is 15.8. The molecule has 0 atom stereocenters. The molecule has 1 aromatic carbocycles. The smallest absolute Gasteiger partial charge is 0.387 e. The molecule has 0 aliphatic carbocycles. The van der Waals surface area contributed by atoms with Crippen LogP contribution in [0.2, 0.25) is 0 Å². The number of nitrogens with zero attached hydrogens (tertiary/aromatic N) is 2. The Labute approximate surface area is 159 Å². The first-order chi connectivity index (χ1) is 13.1. The quantitative estimate of drug-likeness (QED) is 0.402. The van der Waals surface area contributed by atoms with Crippen molar-refractivity contribution in [3.05, 3.63) is 29.8 Å². The van der Waals surface area contributed by atoms with E-state index in [1.807, 2.05) is 11.9 Å². The number of alkyl halides is 2. The van der Waals surface area contributed by atoms with Crippen molar-refractivity contribution in [3.8, 4) is 5.75 Å². The zero-order chi connectivity index (χ0) is 19.5. The fourth-order valence-corrected chi connectivity index (χ4v) is 2.87. The highest BCUT2D eigenvalue weighted by Crippen LogP contribution is 2.16. The number of nitrogens with one attached hydrogen (secondary N) is 1. The predicted molar refractivity (Wildman–Crippen MR) is 100 cm³/mol. The van der Waals surface area contributed by atoms with E-state index in [-0.39, 0.29) is 5.75 Å². The lowest BCUT2D eigenvalue weighted by Crippen LogP contribution is -2.39. The van der Waals surface area contributed by atoms with Gasteiger partial charge in [-0.25, -0.2) is 0 Å². The van der Waals surface area contributed by atoms with Crippen LogP contribution >= 0.6 is 0 Å². The molecule has 1 aliphatic heterocycles. The zero-order valence-corrected chi connectivity index (χ0v) is 16.0. The second-order valence-corrected chi connectivity index (χ2v) is 6.39. The minimum Gasteiger partial charge on any atom is -0.435 e. The summed E-state index contributed by atoms with van der Waals surface area (Å²) < 4.78 is 39.9.